The van der Waals surface area contributed by atoms with Crippen LogP contribution in [0.3, 0.4) is 0 Å². The third-order valence-electron chi connectivity index (χ3n) is 4.01. The normalized spacial score (nSPS) is 16.1. The molecule has 7 nitrogen and oxygen atoms in total. The Morgan fingerprint density at radius 1 is 1.38 bits per heavy atom. The van der Waals surface area contributed by atoms with E-state index >= 15 is 0 Å². The summed E-state index contributed by atoms with van der Waals surface area (Å²) in [6.07, 6.45) is 1.52. The number of hydrogen-bond donors (Lipinski definition) is 0. The van der Waals surface area contributed by atoms with Gasteiger partial charge in [0.2, 0.25) is 0 Å². The van der Waals surface area contributed by atoms with Crippen LogP contribution in [0.15, 0.2) is 21.6 Å². The number of hydrogen-bond acceptors (Lipinski definition) is 7. The number of thioether (sulfide) groups is 1. The fourth-order valence-corrected chi connectivity index (χ4v) is 4.08. The number of carboxylic acids is 1. The molecular formula is C17H16N3O4S2-. The summed E-state index contributed by atoms with van der Waals surface area (Å²) in [5, 5.41) is 14.7. The Labute approximate surface area is 159 Å². The summed E-state index contributed by atoms with van der Waals surface area (Å²) >= 11 is 6.36. The number of carbonyl (C=O) groups excluding carboxylic acids is 2. The van der Waals surface area contributed by atoms with Gasteiger partial charge in [-0.25, -0.2) is 0 Å². The van der Waals surface area contributed by atoms with Crippen molar-refractivity contribution in [2.24, 2.45) is 0 Å². The molecule has 0 saturated carbocycles. The lowest BCUT2D eigenvalue weighted by molar-refractivity contribution is -0.305. The van der Waals surface area contributed by atoms with E-state index in [0.29, 0.717) is 20.8 Å². The first-order valence-corrected chi connectivity index (χ1v) is 9.08. The number of thiocarbonyl (C=S) groups is 1. The van der Waals surface area contributed by atoms with Crippen molar-refractivity contribution < 1.29 is 19.2 Å². The van der Waals surface area contributed by atoms with Gasteiger partial charge in [0.05, 0.1) is 4.91 Å². The zero-order valence-electron chi connectivity index (χ0n) is 14.4. The monoisotopic (exact) mass is 390 g/mol. The predicted molar refractivity (Wildman–Crippen MR) is 99.5 cm³/mol. The summed E-state index contributed by atoms with van der Waals surface area (Å²) in [6, 6.07) is 3.79. The molecule has 3 rings (SSSR count). The number of aromatic nitrogens is 2. The van der Waals surface area contributed by atoms with Gasteiger partial charge in [0, 0.05) is 36.4 Å². The lowest BCUT2D eigenvalue weighted by atomic mass is 10.2. The molecule has 26 heavy (non-hydrogen) atoms. The fourth-order valence-electron chi connectivity index (χ4n) is 2.78. The molecule has 1 saturated heterocycles. The average molecular weight is 390 g/mol. The van der Waals surface area contributed by atoms with Crippen LogP contribution >= 0.6 is 24.0 Å². The highest BCUT2D eigenvalue weighted by molar-refractivity contribution is 8.26. The maximum Gasteiger partial charge on any atom is 0.266 e. The highest BCUT2D eigenvalue weighted by Crippen LogP contribution is 2.34. The van der Waals surface area contributed by atoms with E-state index in [0.717, 1.165) is 28.7 Å². The SMILES string of the molecule is Cc1cc(-n2c(C)cc(/C=C3\SC(=S)N(CCC(=O)[O-])C3=O)c2C)no1. The van der Waals surface area contributed by atoms with Crippen LogP contribution < -0.4 is 5.11 Å². The summed E-state index contributed by atoms with van der Waals surface area (Å²) in [7, 11) is 0. The molecule has 136 valence electrons. The van der Waals surface area contributed by atoms with E-state index in [1.807, 2.05) is 37.5 Å². The van der Waals surface area contributed by atoms with Crippen molar-refractivity contribution in [2.75, 3.05) is 6.54 Å². The van der Waals surface area contributed by atoms with E-state index in [2.05, 4.69) is 5.16 Å². The fraction of sp³-hybridized carbons (Fsp3) is 0.294. The van der Waals surface area contributed by atoms with Gasteiger partial charge in [0.15, 0.2) is 5.82 Å². The molecule has 1 aliphatic rings. The summed E-state index contributed by atoms with van der Waals surface area (Å²) in [5.74, 6) is -0.112. The standard InChI is InChI=1S/C17H17N3O4S2/c1-9-6-12(11(3)20(9)14-7-10(2)24-18-14)8-13-16(23)19(17(25)26-13)5-4-15(21)22/h6-8H,4-5H2,1-3H3,(H,21,22)/p-1/b13-8-. The second-order valence-electron chi connectivity index (χ2n) is 5.91. The molecule has 1 fully saturated rings. The second-order valence-corrected chi connectivity index (χ2v) is 7.59. The Morgan fingerprint density at radius 2 is 2.12 bits per heavy atom. The summed E-state index contributed by atoms with van der Waals surface area (Å²) < 4.78 is 7.44. The predicted octanol–water partition coefficient (Wildman–Crippen LogP) is 1.73. The molecular weight excluding hydrogens is 374 g/mol. The van der Waals surface area contributed by atoms with Crippen LogP contribution in [0.2, 0.25) is 0 Å². The maximum absolute atomic E-state index is 12.5. The Hall–Kier alpha value is -2.39. The first-order chi connectivity index (χ1) is 12.3. The molecule has 0 unspecified atom stereocenters. The molecule has 2 aromatic rings. The number of nitrogens with zero attached hydrogens (tertiary/aromatic N) is 3. The van der Waals surface area contributed by atoms with Crippen molar-refractivity contribution in [3.05, 3.63) is 39.7 Å². The van der Waals surface area contributed by atoms with Crippen molar-refractivity contribution >= 4 is 46.3 Å². The summed E-state index contributed by atoms with van der Waals surface area (Å²) in [4.78, 5) is 24.9. The van der Waals surface area contributed by atoms with Crippen LogP contribution in [-0.2, 0) is 9.59 Å². The van der Waals surface area contributed by atoms with Gasteiger partial charge < -0.3 is 14.4 Å². The van der Waals surface area contributed by atoms with Gasteiger partial charge in [-0.15, -0.1) is 0 Å². The number of aliphatic carboxylic acids is 1. The van der Waals surface area contributed by atoms with Crippen molar-refractivity contribution in [2.45, 2.75) is 27.2 Å². The van der Waals surface area contributed by atoms with Crippen LogP contribution in [0.4, 0.5) is 0 Å². The van der Waals surface area contributed by atoms with Gasteiger partial charge in [-0.2, -0.15) is 0 Å². The van der Waals surface area contributed by atoms with Crippen molar-refractivity contribution in [3.8, 4) is 5.82 Å². The molecule has 0 N–H and O–H groups in total. The first-order valence-electron chi connectivity index (χ1n) is 7.85. The van der Waals surface area contributed by atoms with Gasteiger partial charge in [-0.3, -0.25) is 14.3 Å². The number of amides is 1. The molecule has 0 aromatic carbocycles. The van der Waals surface area contributed by atoms with Gasteiger partial charge in [0.25, 0.3) is 5.91 Å². The topological polar surface area (TPSA) is 91.4 Å². The largest absolute Gasteiger partial charge is 0.550 e. The van der Waals surface area contributed by atoms with Gasteiger partial charge >= 0.3 is 0 Å². The third-order valence-corrected chi connectivity index (χ3v) is 5.39. The van der Waals surface area contributed by atoms with E-state index in [-0.39, 0.29) is 18.9 Å². The molecule has 0 radical (unpaired) electrons. The number of carbonyl (C=O) groups is 2. The smallest absolute Gasteiger partial charge is 0.266 e. The molecule has 0 spiro atoms. The van der Waals surface area contributed by atoms with Gasteiger partial charge in [-0.1, -0.05) is 29.1 Å². The maximum atomic E-state index is 12.5. The zero-order valence-corrected chi connectivity index (χ0v) is 16.1. The van der Waals surface area contributed by atoms with Gasteiger partial charge in [0.1, 0.15) is 10.1 Å². The minimum absolute atomic E-state index is 0.0155. The highest BCUT2D eigenvalue weighted by atomic mass is 32.2. The first kappa shape index (κ1) is 18.4. The Kier molecular flexibility index (Phi) is 5.01. The van der Waals surface area contributed by atoms with E-state index in [4.69, 9.17) is 16.7 Å². The van der Waals surface area contributed by atoms with E-state index in [9.17, 15) is 14.7 Å². The van der Waals surface area contributed by atoms with Crippen molar-refractivity contribution in [1.82, 2.24) is 14.6 Å². The Morgan fingerprint density at radius 3 is 2.73 bits per heavy atom. The third kappa shape index (κ3) is 3.45. The molecule has 1 amide bonds. The van der Waals surface area contributed by atoms with E-state index < -0.39 is 5.97 Å². The van der Waals surface area contributed by atoms with Crippen LogP contribution in [0, 0.1) is 20.8 Å². The average Bonchev–Trinajstić information content (AvgIpc) is 3.17. The molecule has 9 heteroatoms. The van der Waals surface area contributed by atoms with Crippen LogP contribution in [0.1, 0.15) is 29.1 Å². The molecule has 3 heterocycles. The number of rotatable bonds is 5. The molecule has 0 bridgehead atoms. The lowest BCUT2D eigenvalue weighted by Gasteiger charge is -2.14. The van der Waals surface area contributed by atoms with Crippen LogP contribution in [-0.4, -0.2) is 37.4 Å². The minimum Gasteiger partial charge on any atom is -0.550 e. The number of carboxylic acid groups (broad SMARTS) is 1. The van der Waals surface area contributed by atoms with Crippen LogP contribution in [0.25, 0.3) is 11.9 Å². The van der Waals surface area contributed by atoms with Crippen LogP contribution in [0.5, 0.6) is 0 Å². The quantitative estimate of drug-likeness (QED) is 0.567. The lowest BCUT2D eigenvalue weighted by Crippen LogP contribution is -2.33. The Bertz CT molecular complexity index is 942. The van der Waals surface area contributed by atoms with E-state index in [1.165, 1.54) is 4.90 Å². The zero-order chi connectivity index (χ0) is 19.0. The Balaban J connectivity index is 1.90. The van der Waals surface area contributed by atoms with Crippen molar-refractivity contribution in [1.29, 1.82) is 0 Å². The van der Waals surface area contributed by atoms with Crippen molar-refractivity contribution in [3.63, 3.8) is 0 Å². The summed E-state index contributed by atoms with van der Waals surface area (Å²) in [6.45, 7) is 5.71. The van der Waals surface area contributed by atoms with E-state index in [1.54, 1.807) is 6.08 Å². The molecule has 2 aromatic heterocycles. The molecule has 0 atom stereocenters. The second kappa shape index (κ2) is 7.08. The van der Waals surface area contributed by atoms with Gasteiger partial charge in [-0.05, 0) is 38.5 Å². The number of aryl methyl sites for hydroxylation is 2. The molecule has 1 aliphatic heterocycles. The minimum atomic E-state index is -1.21. The molecule has 0 aliphatic carbocycles. The highest BCUT2D eigenvalue weighted by Gasteiger charge is 2.32. The summed E-state index contributed by atoms with van der Waals surface area (Å²) in [5.41, 5.74) is 2.73.